The fourth-order valence-corrected chi connectivity index (χ4v) is 2.75. The number of hydrogen-bond acceptors (Lipinski definition) is 4. The molecular weight excluding hydrogens is 280 g/mol. The normalized spacial score (nSPS) is 18.6. The number of hydrogen-bond donors (Lipinski definition) is 0. The summed E-state index contributed by atoms with van der Waals surface area (Å²) in [7, 11) is 0. The fourth-order valence-electron chi connectivity index (χ4n) is 2.53. The second-order valence-corrected chi connectivity index (χ2v) is 5.43. The van der Waals surface area contributed by atoms with E-state index in [1.165, 1.54) is 12.8 Å². The molecule has 0 atom stereocenters. The second kappa shape index (κ2) is 5.87. The molecule has 0 spiro atoms. The number of likely N-dealkylation sites (tertiary alicyclic amines) is 1. The van der Waals surface area contributed by atoms with Gasteiger partial charge in [0.25, 0.3) is 11.8 Å². The van der Waals surface area contributed by atoms with Gasteiger partial charge in [0.1, 0.15) is 13.2 Å². The van der Waals surface area contributed by atoms with Crippen molar-refractivity contribution in [2.45, 2.75) is 25.7 Å². The number of rotatable bonds is 1. The zero-order valence-corrected chi connectivity index (χ0v) is 12.0. The molecule has 1 amide bonds. The summed E-state index contributed by atoms with van der Waals surface area (Å²) in [5, 5.41) is 0.323. The molecule has 0 aromatic carbocycles. The summed E-state index contributed by atoms with van der Waals surface area (Å²) in [6, 6.07) is 1.62. The Kier molecular flexibility index (Phi) is 3.96. The minimum Gasteiger partial charge on any atom is -0.484 e. The molecule has 0 saturated carbocycles. The number of amides is 1. The van der Waals surface area contributed by atoms with Gasteiger partial charge in [-0.15, -0.1) is 0 Å². The standard InChI is InChI=1S/C14H17ClN2O3/c15-10-9-11-13(20-8-7-19-11)16-12(10)14(18)17-5-3-1-2-4-6-17/h9H,1-8H2. The molecule has 3 rings (SSSR count). The predicted molar refractivity (Wildman–Crippen MR) is 74.6 cm³/mol. The highest BCUT2D eigenvalue weighted by atomic mass is 35.5. The van der Waals surface area contributed by atoms with E-state index in [0.29, 0.717) is 29.9 Å². The van der Waals surface area contributed by atoms with Gasteiger partial charge < -0.3 is 14.4 Å². The number of aromatic nitrogens is 1. The lowest BCUT2D eigenvalue weighted by molar-refractivity contribution is 0.0753. The number of pyridine rings is 1. The van der Waals surface area contributed by atoms with Gasteiger partial charge in [-0.05, 0) is 12.8 Å². The highest BCUT2D eigenvalue weighted by Crippen LogP contribution is 2.32. The fraction of sp³-hybridized carbons (Fsp3) is 0.571. The summed E-state index contributed by atoms with van der Waals surface area (Å²) in [5.41, 5.74) is 0.262. The Bertz CT molecular complexity index is 513. The van der Waals surface area contributed by atoms with Crippen LogP contribution in [0.25, 0.3) is 0 Å². The largest absolute Gasteiger partial charge is 0.484 e. The van der Waals surface area contributed by atoms with Gasteiger partial charge in [-0.3, -0.25) is 4.79 Å². The van der Waals surface area contributed by atoms with Gasteiger partial charge >= 0.3 is 0 Å². The lowest BCUT2D eigenvalue weighted by Crippen LogP contribution is -2.33. The number of fused-ring (bicyclic) bond motifs is 1. The highest BCUT2D eigenvalue weighted by molar-refractivity contribution is 6.33. The van der Waals surface area contributed by atoms with Crippen LogP contribution in [0, 0.1) is 0 Å². The average molecular weight is 297 g/mol. The molecule has 1 saturated heterocycles. The van der Waals surface area contributed by atoms with Gasteiger partial charge in [0.05, 0.1) is 5.02 Å². The third-order valence-electron chi connectivity index (χ3n) is 3.58. The Balaban J connectivity index is 1.86. The highest BCUT2D eigenvalue weighted by Gasteiger charge is 2.25. The first-order valence-electron chi connectivity index (χ1n) is 7.01. The molecule has 0 unspecified atom stereocenters. The van der Waals surface area contributed by atoms with E-state index in [2.05, 4.69) is 4.98 Å². The molecular formula is C14H17ClN2O3. The van der Waals surface area contributed by atoms with Crippen LogP contribution in [0.2, 0.25) is 5.02 Å². The second-order valence-electron chi connectivity index (χ2n) is 5.03. The number of nitrogens with zero attached hydrogens (tertiary/aromatic N) is 2. The van der Waals surface area contributed by atoms with Crippen LogP contribution in [-0.4, -0.2) is 42.1 Å². The van der Waals surface area contributed by atoms with Crippen LogP contribution in [0.4, 0.5) is 0 Å². The third-order valence-corrected chi connectivity index (χ3v) is 3.87. The Morgan fingerprint density at radius 2 is 1.85 bits per heavy atom. The zero-order chi connectivity index (χ0) is 13.9. The SMILES string of the molecule is O=C(c1nc2c(cc1Cl)OCCO2)N1CCCCCC1. The molecule has 1 fully saturated rings. The minimum atomic E-state index is -0.117. The van der Waals surface area contributed by atoms with Crippen molar-refractivity contribution in [3.05, 3.63) is 16.8 Å². The summed E-state index contributed by atoms with van der Waals surface area (Å²) in [6.07, 6.45) is 4.42. The predicted octanol–water partition coefficient (Wildman–Crippen LogP) is 2.52. The first-order valence-corrected chi connectivity index (χ1v) is 7.39. The summed E-state index contributed by atoms with van der Waals surface area (Å²) >= 11 is 6.17. The van der Waals surface area contributed by atoms with Crippen LogP contribution in [0.15, 0.2) is 6.07 Å². The number of ether oxygens (including phenoxy) is 2. The Labute approximate surface area is 122 Å². The van der Waals surface area contributed by atoms with Crippen LogP contribution >= 0.6 is 11.6 Å². The van der Waals surface area contributed by atoms with Crippen molar-refractivity contribution in [2.75, 3.05) is 26.3 Å². The molecule has 0 radical (unpaired) electrons. The van der Waals surface area contributed by atoms with Crippen LogP contribution in [0.3, 0.4) is 0 Å². The van der Waals surface area contributed by atoms with Crippen molar-refractivity contribution in [3.8, 4) is 11.6 Å². The maximum atomic E-state index is 12.5. The third kappa shape index (κ3) is 2.68. The molecule has 5 nitrogen and oxygen atoms in total. The molecule has 3 heterocycles. The monoisotopic (exact) mass is 296 g/mol. The lowest BCUT2D eigenvalue weighted by atomic mass is 10.2. The lowest BCUT2D eigenvalue weighted by Gasteiger charge is -2.22. The van der Waals surface area contributed by atoms with Gasteiger partial charge in [0.15, 0.2) is 11.4 Å². The Hall–Kier alpha value is -1.49. The summed E-state index contributed by atoms with van der Waals surface area (Å²) in [4.78, 5) is 18.6. The molecule has 1 aromatic rings. The van der Waals surface area contributed by atoms with Crippen molar-refractivity contribution < 1.29 is 14.3 Å². The van der Waals surface area contributed by atoms with Crippen molar-refractivity contribution in [3.63, 3.8) is 0 Å². The van der Waals surface area contributed by atoms with Crippen molar-refractivity contribution in [1.29, 1.82) is 0 Å². The molecule has 20 heavy (non-hydrogen) atoms. The van der Waals surface area contributed by atoms with E-state index in [-0.39, 0.29) is 11.6 Å². The van der Waals surface area contributed by atoms with E-state index in [9.17, 15) is 4.79 Å². The molecule has 108 valence electrons. The van der Waals surface area contributed by atoms with Crippen LogP contribution in [0.1, 0.15) is 36.2 Å². The van der Waals surface area contributed by atoms with Crippen molar-refractivity contribution in [1.82, 2.24) is 9.88 Å². The smallest absolute Gasteiger partial charge is 0.274 e. The molecule has 0 N–H and O–H groups in total. The summed E-state index contributed by atoms with van der Waals surface area (Å²) in [6.45, 7) is 2.46. The molecule has 2 aliphatic rings. The van der Waals surface area contributed by atoms with E-state index in [0.717, 1.165) is 25.9 Å². The van der Waals surface area contributed by atoms with E-state index < -0.39 is 0 Å². The summed E-state index contributed by atoms with van der Waals surface area (Å²) < 4.78 is 10.8. The average Bonchev–Trinajstić information content (AvgIpc) is 2.75. The molecule has 6 heteroatoms. The maximum absolute atomic E-state index is 12.5. The van der Waals surface area contributed by atoms with Gasteiger partial charge in [0.2, 0.25) is 0 Å². The van der Waals surface area contributed by atoms with E-state index in [4.69, 9.17) is 21.1 Å². The van der Waals surface area contributed by atoms with Crippen LogP contribution in [-0.2, 0) is 0 Å². The zero-order valence-electron chi connectivity index (χ0n) is 11.2. The van der Waals surface area contributed by atoms with E-state index >= 15 is 0 Å². The maximum Gasteiger partial charge on any atom is 0.274 e. The summed E-state index contributed by atoms with van der Waals surface area (Å²) in [5.74, 6) is 0.751. The molecule has 0 aliphatic carbocycles. The minimum absolute atomic E-state index is 0.117. The Morgan fingerprint density at radius 1 is 1.15 bits per heavy atom. The van der Waals surface area contributed by atoms with E-state index in [1.807, 2.05) is 4.90 Å². The number of halogens is 1. The first kappa shape index (κ1) is 13.5. The quantitative estimate of drug-likeness (QED) is 0.799. The number of carbonyl (C=O) groups excluding carboxylic acids is 1. The van der Waals surface area contributed by atoms with Crippen LogP contribution < -0.4 is 9.47 Å². The Morgan fingerprint density at radius 3 is 2.60 bits per heavy atom. The van der Waals surface area contributed by atoms with Crippen LogP contribution in [0.5, 0.6) is 11.6 Å². The van der Waals surface area contributed by atoms with E-state index in [1.54, 1.807) is 6.07 Å². The topological polar surface area (TPSA) is 51.7 Å². The molecule has 2 aliphatic heterocycles. The first-order chi connectivity index (χ1) is 9.75. The van der Waals surface area contributed by atoms with Gasteiger partial charge in [0, 0.05) is 19.2 Å². The molecule has 0 bridgehead atoms. The van der Waals surface area contributed by atoms with Crippen molar-refractivity contribution >= 4 is 17.5 Å². The van der Waals surface area contributed by atoms with Gasteiger partial charge in [-0.25, -0.2) is 4.98 Å². The van der Waals surface area contributed by atoms with Gasteiger partial charge in [-0.2, -0.15) is 0 Å². The van der Waals surface area contributed by atoms with Gasteiger partial charge in [-0.1, -0.05) is 24.4 Å². The molecule has 1 aromatic heterocycles. The number of carbonyl (C=O) groups is 1. The van der Waals surface area contributed by atoms with Crippen molar-refractivity contribution in [2.24, 2.45) is 0 Å².